The predicted octanol–water partition coefficient (Wildman–Crippen LogP) is 3.02. The zero-order valence-corrected chi connectivity index (χ0v) is 11.6. The second-order valence-electron chi connectivity index (χ2n) is 4.02. The van der Waals surface area contributed by atoms with Crippen molar-refractivity contribution in [2.45, 2.75) is 6.42 Å². The van der Waals surface area contributed by atoms with Crippen LogP contribution in [-0.2, 0) is 0 Å². The molecule has 0 aliphatic carbocycles. The quantitative estimate of drug-likeness (QED) is 0.850. The fourth-order valence-corrected chi connectivity index (χ4v) is 2.05. The molecule has 2 N–H and O–H groups in total. The van der Waals surface area contributed by atoms with E-state index in [4.69, 9.17) is 5.11 Å². The molecule has 0 aliphatic rings. The average molecular weight is 322 g/mol. The van der Waals surface area contributed by atoms with Gasteiger partial charge in [0.25, 0.3) is 0 Å². The molecule has 0 atom stereocenters. The van der Waals surface area contributed by atoms with Gasteiger partial charge < -0.3 is 10.1 Å². The first kappa shape index (κ1) is 13.5. The Bertz CT molecular complexity index is 703. The Hall–Kier alpha value is -1.88. The monoisotopic (exact) mass is 321 g/mol. The molecule has 4 nitrogen and oxygen atoms in total. The van der Waals surface area contributed by atoms with E-state index >= 15 is 0 Å². The number of H-pyrrole nitrogens is 1. The van der Waals surface area contributed by atoms with Gasteiger partial charge in [-0.2, -0.15) is 0 Å². The number of hydrogen-bond donors (Lipinski definition) is 2. The number of alkyl halides is 1. The number of nitrogens with one attached hydrogen (secondary N) is 1. The van der Waals surface area contributed by atoms with Crippen LogP contribution >= 0.6 is 15.9 Å². The van der Waals surface area contributed by atoms with E-state index in [0.717, 1.165) is 17.3 Å². The maximum atomic E-state index is 12.0. The molecular weight excluding hydrogens is 310 g/mol. The number of aromatic carboxylic acids is 1. The lowest BCUT2D eigenvalue weighted by Crippen LogP contribution is -2.15. The number of benzene rings is 1. The topological polar surface area (TPSA) is 70.2 Å². The van der Waals surface area contributed by atoms with Gasteiger partial charge >= 0.3 is 5.97 Å². The van der Waals surface area contributed by atoms with Crippen LogP contribution in [0.3, 0.4) is 0 Å². The standard InChI is InChI=1S/C14H12BrNO3/c15-6-2-1-3-9-4-5-12-10(7-9)13(17)11(8-16-12)14(18)19/h1,3-5,7-8H,2,6H2,(H,16,17)(H,18,19). The van der Waals surface area contributed by atoms with Crippen LogP contribution < -0.4 is 5.43 Å². The van der Waals surface area contributed by atoms with Crippen LogP contribution in [0, 0.1) is 0 Å². The molecule has 0 fully saturated rings. The second-order valence-corrected chi connectivity index (χ2v) is 4.81. The summed E-state index contributed by atoms with van der Waals surface area (Å²) in [5.74, 6) is -1.22. The van der Waals surface area contributed by atoms with Crippen molar-refractivity contribution in [2.75, 3.05) is 5.33 Å². The molecule has 1 heterocycles. The third-order valence-electron chi connectivity index (χ3n) is 2.72. The molecule has 1 aromatic heterocycles. The van der Waals surface area contributed by atoms with Gasteiger partial charge in [0.2, 0.25) is 5.43 Å². The third kappa shape index (κ3) is 2.93. The lowest BCUT2D eigenvalue weighted by molar-refractivity contribution is 0.0695. The van der Waals surface area contributed by atoms with E-state index in [1.807, 2.05) is 18.2 Å². The van der Waals surface area contributed by atoms with Crippen LogP contribution in [0.4, 0.5) is 0 Å². The molecular formula is C14H12BrNO3. The molecule has 0 bridgehead atoms. The summed E-state index contributed by atoms with van der Waals surface area (Å²) in [5.41, 5.74) is 0.806. The Morgan fingerprint density at radius 3 is 2.89 bits per heavy atom. The number of halogens is 1. The van der Waals surface area contributed by atoms with Gasteiger partial charge in [-0.05, 0) is 24.1 Å². The average Bonchev–Trinajstić information content (AvgIpc) is 2.39. The lowest BCUT2D eigenvalue weighted by atomic mass is 10.1. The number of carboxylic acid groups (broad SMARTS) is 1. The van der Waals surface area contributed by atoms with Crippen LogP contribution in [0.5, 0.6) is 0 Å². The van der Waals surface area contributed by atoms with Gasteiger partial charge in [0.15, 0.2) is 0 Å². The van der Waals surface area contributed by atoms with Crippen molar-refractivity contribution in [1.29, 1.82) is 0 Å². The second kappa shape index (κ2) is 5.84. The largest absolute Gasteiger partial charge is 0.477 e. The van der Waals surface area contributed by atoms with Crippen LogP contribution in [0.15, 0.2) is 35.3 Å². The van der Waals surface area contributed by atoms with E-state index < -0.39 is 11.4 Å². The van der Waals surface area contributed by atoms with Gasteiger partial charge in [0.1, 0.15) is 5.56 Å². The molecule has 0 saturated heterocycles. The highest BCUT2D eigenvalue weighted by Gasteiger charge is 2.11. The number of pyridine rings is 1. The van der Waals surface area contributed by atoms with Gasteiger partial charge in [-0.3, -0.25) is 4.79 Å². The minimum absolute atomic E-state index is 0.242. The Morgan fingerprint density at radius 2 is 2.21 bits per heavy atom. The van der Waals surface area contributed by atoms with E-state index in [0.29, 0.717) is 10.9 Å². The van der Waals surface area contributed by atoms with Crippen LogP contribution in [0.2, 0.25) is 0 Å². The van der Waals surface area contributed by atoms with Crippen molar-refractivity contribution >= 4 is 38.9 Å². The number of aromatic amines is 1. The van der Waals surface area contributed by atoms with Crippen molar-refractivity contribution in [3.05, 3.63) is 51.8 Å². The molecule has 0 radical (unpaired) electrons. The number of carboxylic acids is 1. The molecule has 5 heteroatoms. The maximum Gasteiger partial charge on any atom is 0.341 e. The van der Waals surface area contributed by atoms with Crippen molar-refractivity contribution in [3.63, 3.8) is 0 Å². The number of allylic oxidation sites excluding steroid dienone is 1. The predicted molar refractivity (Wildman–Crippen MR) is 79.0 cm³/mol. The van der Waals surface area contributed by atoms with Crippen LogP contribution in [0.25, 0.3) is 17.0 Å². The summed E-state index contributed by atoms with van der Waals surface area (Å²) in [6, 6.07) is 5.35. The highest BCUT2D eigenvalue weighted by molar-refractivity contribution is 9.09. The Kier molecular flexibility index (Phi) is 4.16. The van der Waals surface area contributed by atoms with Gasteiger partial charge in [0.05, 0.1) is 0 Å². The van der Waals surface area contributed by atoms with Gasteiger partial charge in [-0.1, -0.05) is 34.1 Å². The molecule has 19 heavy (non-hydrogen) atoms. The summed E-state index contributed by atoms with van der Waals surface area (Å²) in [7, 11) is 0. The van der Waals surface area contributed by atoms with E-state index in [9.17, 15) is 9.59 Å². The lowest BCUT2D eigenvalue weighted by Gasteiger charge is -2.01. The van der Waals surface area contributed by atoms with Crippen molar-refractivity contribution in [3.8, 4) is 0 Å². The normalized spacial score (nSPS) is 11.2. The molecule has 98 valence electrons. The maximum absolute atomic E-state index is 12.0. The van der Waals surface area contributed by atoms with Crippen LogP contribution in [-0.4, -0.2) is 21.4 Å². The fourth-order valence-electron chi connectivity index (χ4n) is 1.78. The fraction of sp³-hybridized carbons (Fsp3) is 0.143. The van der Waals surface area contributed by atoms with Crippen molar-refractivity contribution in [1.82, 2.24) is 4.98 Å². The van der Waals surface area contributed by atoms with Gasteiger partial charge in [-0.25, -0.2) is 4.79 Å². The zero-order valence-electron chi connectivity index (χ0n) is 10.0. The molecule has 0 spiro atoms. The Morgan fingerprint density at radius 1 is 1.42 bits per heavy atom. The van der Waals surface area contributed by atoms with E-state index in [2.05, 4.69) is 20.9 Å². The Balaban J connectivity index is 2.54. The summed E-state index contributed by atoms with van der Waals surface area (Å²) in [5, 5.41) is 10.2. The number of carbonyl (C=O) groups is 1. The molecule has 1 aromatic carbocycles. The molecule has 2 rings (SSSR count). The first-order valence-electron chi connectivity index (χ1n) is 5.74. The summed E-state index contributed by atoms with van der Waals surface area (Å²) in [6.45, 7) is 0. The van der Waals surface area contributed by atoms with E-state index in [1.165, 1.54) is 6.20 Å². The smallest absolute Gasteiger partial charge is 0.341 e. The number of fused-ring (bicyclic) bond motifs is 1. The van der Waals surface area contributed by atoms with Gasteiger partial charge in [-0.15, -0.1) is 0 Å². The number of rotatable bonds is 4. The highest BCUT2D eigenvalue weighted by atomic mass is 79.9. The first-order valence-corrected chi connectivity index (χ1v) is 6.87. The minimum atomic E-state index is -1.22. The van der Waals surface area contributed by atoms with Crippen molar-refractivity contribution in [2.24, 2.45) is 0 Å². The number of aromatic nitrogens is 1. The number of hydrogen-bond acceptors (Lipinski definition) is 2. The summed E-state index contributed by atoms with van der Waals surface area (Å²) >= 11 is 3.33. The van der Waals surface area contributed by atoms with Crippen LogP contribution in [0.1, 0.15) is 22.3 Å². The minimum Gasteiger partial charge on any atom is -0.477 e. The van der Waals surface area contributed by atoms with Crippen molar-refractivity contribution < 1.29 is 9.90 Å². The Labute approximate surface area is 117 Å². The summed E-state index contributed by atoms with van der Waals surface area (Å²) in [6.07, 6.45) is 6.02. The summed E-state index contributed by atoms with van der Waals surface area (Å²) in [4.78, 5) is 25.8. The first-order chi connectivity index (χ1) is 9.13. The SMILES string of the molecule is O=C(O)c1c[nH]c2ccc(C=CCCBr)cc2c1=O. The van der Waals surface area contributed by atoms with E-state index in [-0.39, 0.29) is 5.56 Å². The molecule has 0 aliphatic heterocycles. The molecule has 0 unspecified atom stereocenters. The molecule has 0 amide bonds. The molecule has 2 aromatic rings. The van der Waals surface area contributed by atoms with Gasteiger partial charge in [0, 0.05) is 22.4 Å². The highest BCUT2D eigenvalue weighted by Crippen LogP contribution is 2.13. The van der Waals surface area contributed by atoms with E-state index in [1.54, 1.807) is 12.1 Å². The third-order valence-corrected chi connectivity index (χ3v) is 3.18. The summed E-state index contributed by atoms with van der Waals surface area (Å²) < 4.78 is 0. The molecule has 0 saturated carbocycles. The zero-order chi connectivity index (χ0) is 13.8.